The summed E-state index contributed by atoms with van der Waals surface area (Å²) < 4.78 is 0. The fourth-order valence-corrected chi connectivity index (χ4v) is 2.60. The minimum absolute atomic E-state index is 0.319. The van der Waals surface area contributed by atoms with Crippen LogP contribution >= 0.6 is 11.3 Å². The fraction of sp³-hybridized carbons (Fsp3) is 0.556. The molecule has 1 aliphatic rings. The number of aromatic carboxylic acids is 1. The summed E-state index contributed by atoms with van der Waals surface area (Å²) in [7, 11) is 0. The maximum absolute atomic E-state index is 10.7. The Balaban J connectivity index is 2.20. The quantitative estimate of drug-likeness (QED) is 0.812. The number of rotatable bonds is 2. The number of hydrogen-bond acceptors (Lipinski definition) is 4. The van der Waals surface area contributed by atoms with E-state index in [0.29, 0.717) is 10.9 Å². The van der Waals surface area contributed by atoms with E-state index in [4.69, 9.17) is 5.11 Å². The Hall–Kier alpha value is -1.10. The van der Waals surface area contributed by atoms with Gasteiger partial charge in [-0.3, -0.25) is 0 Å². The van der Waals surface area contributed by atoms with Gasteiger partial charge in [0.05, 0.1) is 6.20 Å². The maximum atomic E-state index is 10.7. The molecular formula is C9H12N2O2S. The van der Waals surface area contributed by atoms with Gasteiger partial charge in [0.1, 0.15) is 4.88 Å². The van der Waals surface area contributed by atoms with Crippen LogP contribution in [0.15, 0.2) is 6.20 Å². The zero-order chi connectivity index (χ0) is 10.1. The second-order valence-electron chi connectivity index (χ2n) is 3.50. The summed E-state index contributed by atoms with van der Waals surface area (Å²) in [5, 5.41) is 9.60. The Morgan fingerprint density at radius 1 is 1.79 bits per heavy atom. The van der Waals surface area contributed by atoms with E-state index in [0.717, 1.165) is 11.7 Å². The third-order valence-corrected chi connectivity index (χ3v) is 3.53. The molecule has 1 aromatic heterocycles. The summed E-state index contributed by atoms with van der Waals surface area (Å²) in [6, 6.07) is 0.489. The maximum Gasteiger partial charge on any atom is 0.347 e. The van der Waals surface area contributed by atoms with Crippen LogP contribution < -0.4 is 4.90 Å². The highest BCUT2D eigenvalue weighted by Crippen LogP contribution is 2.29. The monoisotopic (exact) mass is 212 g/mol. The lowest BCUT2D eigenvalue weighted by molar-refractivity contribution is 0.0702. The second kappa shape index (κ2) is 3.57. The first kappa shape index (κ1) is 9.45. The minimum atomic E-state index is -0.888. The van der Waals surface area contributed by atoms with Crippen molar-refractivity contribution in [1.29, 1.82) is 0 Å². The number of carboxylic acid groups (broad SMARTS) is 1. The fourth-order valence-electron chi connectivity index (χ4n) is 1.71. The molecule has 1 saturated heterocycles. The van der Waals surface area contributed by atoms with Crippen LogP contribution in [0.25, 0.3) is 0 Å². The molecule has 0 aromatic carbocycles. The van der Waals surface area contributed by atoms with Crippen LogP contribution in [-0.2, 0) is 0 Å². The van der Waals surface area contributed by atoms with Gasteiger partial charge < -0.3 is 10.0 Å². The van der Waals surface area contributed by atoms with E-state index in [1.165, 1.54) is 30.4 Å². The summed E-state index contributed by atoms with van der Waals surface area (Å²) in [5.74, 6) is -0.888. The van der Waals surface area contributed by atoms with Crippen molar-refractivity contribution in [3.63, 3.8) is 0 Å². The van der Waals surface area contributed by atoms with Crippen molar-refractivity contribution >= 4 is 22.4 Å². The SMILES string of the molecule is CC1CCCN1c1ncc(C(=O)O)s1. The molecule has 1 N–H and O–H groups in total. The van der Waals surface area contributed by atoms with Gasteiger partial charge in [-0.15, -0.1) is 0 Å². The average Bonchev–Trinajstić information content (AvgIpc) is 2.71. The third-order valence-electron chi connectivity index (χ3n) is 2.50. The van der Waals surface area contributed by atoms with Crippen LogP contribution in [0, 0.1) is 0 Å². The van der Waals surface area contributed by atoms with Crippen molar-refractivity contribution in [1.82, 2.24) is 4.98 Å². The van der Waals surface area contributed by atoms with Crippen LogP contribution in [0.1, 0.15) is 29.4 Å². The van der Waals surface area contributed by atoms with Gasteiger partial charge in [0, 0.05) is 12.6 Å². The van der Waals surface area contributed by atoms with Crippen LogP contribution in [0.2, 0.25) is 0 Å². The molecule has 0 amide bonds. The Morgan fingerprint density at radius 3 is 3.07 bits per heavy atom. The third kappa shape index (κ3) is 1.59. The molecule has 1 unspecified atom stereocenters. The van der Waals surface area contributed by atoms with Crippen LogP contribution in [-0.4, -0.2) is 28.6 Å². The molecule has 0 aliphatic carbocycles. The van der Waals surface area contributed by atoms with Gasteiger partial charge in [-0.25, -0.2) is 9.78 Å². The highest BCUT2D eigenvalue weighted by molar-refractivity contribution is 7.17. The molecule has 1 atom stereocenters. The number of carbonyl (C=O) groups is 1. The molecule has 0 radical (unpaired) electrons. The number of hydrogen-bond donors (Lipinski definition) is 1. The van der Waals surface area contributed by atoms with Crippen LogP contribution in [0.4, 0.5) is 5.13 Å². The smallest absolute Gasteiger partial charge is 0.347 e. The van der Waals surface area contributed by atoms with Crippen molar-refractivity contribution in [2.24, 2.45) is 0 Å². The van der Waals surface area contributed by atoms with E-state index in [1.807, 2.05) is 0 Å². The van der Waals surface area contributed by atoms with Crippen LogP contribution in [0.3, 0.4) is 0 Å². The highest BCUT2D eigenvalue weighted by Gasteiger charge is 2.23. The number of aromatic nitrogens is 1. The largest absolute Gasteiger partial charge is 0.477 e. The first-order valence-corrected chi connectivity index (χ1v) is 5.46. The van der Waals surface area contributed by atoms with Gasteiger partial charge >= 0.3 is 5.97 Å². The van der Waals surface area contributed by atoms with E-state index >= 15 is 0 Å². The van der Waals surface area contributed by atoms with Gasteiger partial charge in [-0.05, 0) is 19.8 Å². The molecule has 14 heavy (non-hydrogen) atoms. The molecule has 2 rings (SSSR count). The topological polar surface area (TPSA) is 53.4 Å². The molecule has 1 aliphatic heterocycles. The zero-order valence-corrected chi connectivity index (χ0v) is 8.75. The lowest BCUT2D eigenvalue weighted by Gasteiger charge is -2.19. The van der Waals surface area contributed by atoms with Gasteiger partial charge in [0.25, 0.3) is 0 Å². The molecule has 1 aromatic rings. The van der Waals surface area contributed by atoms with Gasteiger partial charge in [-0.2, -0.15) is 0 Å². The Bertz CT molecular complexity index is 350. The number of carboxylic acids is 1. The molecule has 2 heterocycles. The Kier molecular flexibility index (Phi) is 2.41. The lowest BCUT2D eigenvalue weighted by Crippen LogP contribution is -2.25. The predicted molar refractivity (Wildman–Crippen MR) is 55.1 cm³/mol. The average molecular weight is 212 g/mol. The zero-order valence-electron chi connectivity index (χ0n) is 7.93. The number of anilines is 1. The predicted octanol–water partition coefficient (Wildman–Crippen LogP) is 1.83. The summed E-state index contributed by atoms with van der Waals surface area (Å²) in [4.78, 5) is 17.3. The highest BCUT2D eigenvalue weighted by atomic mass is 32.1. The Labute approximate surface area is 86.2 Å². The van der Waals surface area contributed by atoms with Gasteiger partial charge in [0.2, 0.25) is 0 Å². The van der Waals surface area contributed by atoms with E-state index in [1.54, 1.807) is 0 Å². The summed E-state index contributed by atoms with van der Waals surface area (Å²) in [6.45, 7) is 3.14. The Morgan fingerprint density at radius 2 is 2.57 bits per heavy atom. The second-order valence-corrected chi connectivity index (χ2v) is 4.51. The lowest BCUT2D eigenvalue weighted by atomic mass is 10.2. The number of nitrogens with zero attached hydrogens (tertiary/aromatic N) is 2. The molecule has 0 spiro atoms. The van der Waals surface area contributed by atoms with E-state index in [9.17, 15) is 4.79 Å². The molecule has 0 bridgehead atoms. The first-order valence-electron chi connectivity index (χ1n) is 4.64. The van der Waals surface area contributed by atoms with Gasteiger partial charge in [0.15, 0.2) is 5.13 Å². The summed E-state index contributed by atoms with van der Waals surface area (Å²) in [5.41, 5.74) is 0. The molecule has 5 heteroatoms. The van der Waals surface area contributed by atoms with Crippen molar-refractivity contribution in [2.45, 2.75) is 25.8 Å². The van der Waals surface area contributed by atoms with Crippen molar-refractivity contribution in [2.75, 3.05) is 11.4 Å². The normalized spacial score (nSPS) is 21.5. The summed E-state index contributed by atoms with van der Waals surface area (Å²) in [6.07, 6.45) is 3.78. The van der Waals surface area contributed by atoms with E-state index in [2.05, 4.69) is 16.8 Å². The molecular weight excluding hydrogens is 200 g/mol. The first-order chi connectivity index (χ1) is 6.68. The van der Waals surface area contributed by atoms with Gasteiger partial charge in [-0.1, -0.05) is 11.3 Å². The summed E-state index contributed by atoms with van der Waals surface area (Å²) >= 11 is 1.26. The molecule has 76 valence electrons. The molecule has 1 fully saturated rings. The minimum Gasteiger partial charge on any atom is -0.477 e. The molecule has 0 saturated carbocycles. The van der Waals surface area contributed by atoms with E-state index < -0.39 is 5.97 Å². The van der Waals surface area contributed by atoms with Crippen molar-refractivity contribution in [3.05, 3.63) is 11.1 Å². The van der Waals surface area contributed by atoms with Crippen molar-refractivity contribution < 1.29 is 9.90 Å². The number of thiazole rings is 1. The van der Waals surface area contributed by atoms with Crippen LogP contribution in [0.5, 0.6) is 0 Å². The van der Waals surface area contributed by atoms with E-state index in [-0.39, 0.29) is 0 Å². The standard InChI is InChI=1S/C9H12N2O2S/c1-6-3-2-4-11(6)9-10-5-7(14-9)8(12)13/h5-6H,2-4H2,1H3,(H,12,13). The molecule has 4 nitrogen and oxygen atoms in total. The van der Waals surface area contributed by atoms with Crippen molar-refractivity contribution in [3.8, 4) is 0 Å².